The van der Waals surface area contributed by atoms with Gasteiger partial charge in [-0.05, 0) is 35.9 Å². The van der Waals surface area contributed by atoms with Crippen molar-refractivity contribution >= 4 is 33.8 Å². The molecule has 0 unspecified atom stereocenters. The summed E-state index contributed by atoms with van der Waals surface area (Å²) < 4.78 is 7.79. The topological polar surface area (TPSA) is 31.2 Å². The van der Waals surface area contributed by atoms with Crippen molar-refractivity contribution in [1.82, 2.24) is 4.57 Å². The second-order valence-electron chi connectivity index (χ2n) is 4.29. The Kier molecular flexibility index (Phi) is 3.39. The van der Waals surface area contributed by atoms with Crippen LogP contribution in [-0.2, 0) is 0 Å². The molecule has 1 aromatic heterocycles. The molecule has 0 amide bonds. The number of fused-ring (bicyclic) bond motifs is 1. The monoisotopic (exact) mass is 283 g/mol. The summed E-state index contributed by atoms with van der Waals surface area (Å²) >= 11 is 1.26. The highest BCUT2D eigenvalue weighted by atomic mass is 32.1. The quantitative estimate of drug-likeness (QED) is 0.734. The predicted octanol–water partition coefficient (Wildman–Crippen LogP) is 3.70. The van der Waals surface area contributed by atoms with Gasteiger partial charge < -0.3 is 4.74 Å². The third-order valence-electron chi connectivity index (χ3n) is 3.05. The molecule has 0 fully saturated rings. The number of methoxy groups -OCH3 is 1. The molecular weight excluding hydrogens is 270 g/mol. The highest BCUT2D eigenvalue weighted by Gasteiger charge is 2.03. The molecule has 3 nitrogen and oxygen atoms in total. The minimum Gasteiger partial charge on any atom is -0.497 e. The first-order chi connectivity index (χ1) is 9.78. The summed E-state index contributed by atoms with van der Waals surface area (Å²) in [6, 6.07) is 15.5. The maximum atomic E-state index is 12.0. The van der Waals surface area contributed by atoms with Crippen LogP contribution >= 0.6 is 11.3 Å². The van der Waals surface area contributed by atoms with Crippen LogP contribution in [0.15, 0.2) is 53.3 Å². The minimum absolute atomic E-state index is 0.0240. The molecule has 0 aliphatic heterocycles. The lowest BCUT2D eigenvalue weighted by Crippen LogP contribution is -2.05. The number of hydrogen-bond acceptors (Lipinski definition) is 3. The van der Waals surface area contributed by atoms with Crippen molar-refractivity contribution in [3.63, 3.8) is 0 Å². The Balaban J connectivity index is 1.97. The molecule has 3 aromatic rings. The van der Waals surface area contributed by atoms with Gasteiger partial charge in [0, 0.05) is 6.20 Å². The Morgan fingerprint density at radius 1 is 1.10 bits per heavy atom. The van der Waals surface area contributed by atoms with Crippen LogP contribution in [0.2, 0.25) is 0 Å². The van der Waals surface area contributed by atoms with E-state index in [4.69, 9.17) is 4.74 Å². The number of thiazole rings is 1. The average molecular weight is 283 g/mol. The van der Waals surface area contributed by atoms with Crippen LogP contribution < -0.4 is 9.61 Å². The van der Waals surface area contributed by atoms with E-state index in [1.165, 1.54) is 11.3 Å². The van der Waals surface area contributed by atoms with Gasteiger partial charge in [0.15, 0.2) is 0 Å². The van der Waals surface area contributed by atoms with Gasteiger partial charge in [-0.15, -0.1) is 0 Å². The SMILES string of the molecule is COc1ccc(/C=C/n2c(=O)sc3ccccc32)cc1. The van der Waals surface area contributed by atoms with Gasteiger partial charge in [-0.2, -0.15) is 0 Å². The van der Waals surface area contributed by atoms with Crippen molar-refractivity contribution in [3.8, 4) is 5.75 Å². The van der Waals surface area contributed by atoms with Gasteiger partial charge in [0.25, 0.3) is 0 Å². The van der Waals surface area contributed by atoms with E-state index in [9.17, 15) is 4.79 Å². The highest BCUT2D eigenvalue weighted by molar-refractivity contribution is 7.16. The van der Waals surface area contributed by atoms with Gasteiger partial charge in [0.05, 0.1) is 17.3 Å². The first-order valence-corrected chi connectivity index (χ1v) is 7.02. The maximum Gasteiger partial charge on any atom is 0.312 e. The van der Waals surface area contributed by atoms with Crippen LogP contribution in [-0.4, -0.2) is 11.7 Å². The molecule has 3 rings (SSSR count). The normalized spacial score (nSPS) is 11.2. The van der Waals surface area contributed by atoms with E-state index in [0.29, 0.717) is 0 Å². The van der Waals surface area contributed by atoms with Gasteiger partial charge in [-0.25, -0.2) is 0 Å². The number of nitrogens with zero attached hydrogens (tertiary/aromatic N) is 1. The lowest BCUT2D eigenvalue weighted by molar-refractivity contribution is 0.415. The molecule has 1 heterocycles. The Labute approximate surface area is 120 Å². The lowest BCUT2D eigenvalue weighted by Gasteiger charge is -1.99. The summed E-state index contributed by atoms with van der Waals surface area (Å²) in [5.74, 6) is 0.820. The van der Waals surface area contributed by atoms with Crippen LogP contribution in [0.3, 0.4) is 0 Å². The van der Waals surface area contributed by atoms with Crippen molar-refractivity contribution in [2.45, 2.75) is 0 Å². The smallest absolute Gasteiger partial charge is 0.312 e. The summed E-state index contributed by atoms with van der Waals surface area (Å²) in [7, 11) is 1.64. The van der Waals surface area contributed by atoms with Crippen molar-refractivity contribution in [1.29, 1.82) is 0 Å². The van der Waals surface area contributed by atoms with Gasteiger partial charge in [0.1, 0.15) is 5.75 Å². The van der Waals surface area contributed by atoms with Crippen LogP contribution in [0.1, 0.15) is 5.56 Å². The predicted molar refractivity (Wildman–Crippen MR) is 84.3 cm³/mol. The molecule has 0 spiro atoms. The molecule has 0 saturated carbocycles. The first kappa shape index (κ1) is 12.7. The molecule has 0 aliphatic carbocycles. The Bertz CT molecular complexity index is 812. The Hall–Kier alpha value is -2.33. The van der Waals surface area contributed by atoms with Crippen LogP contribution in [0.4, 0.5) is 0 Å². The van der Waals surface area contributed by atoms with E-state index in [2.05, 4.69) is 0 Å². The van der Waals surface area contributed by atoms with Gasteiger partial charge in [-0.3, -0.25) is 9.36 Å². The second kappa shape index (κ2) is 5.35. The minimum atomic E-state index is 0.0240. The Morgan fingerprint density at radius 2 is 1.85 bits per heavy atom. The molecule has 0 N–H and O–H groups in total. The second-order valence-corrected chi connectivity index (χ2v) is 5.29. The summed E-state index contributed by atoms with van der Waals surface area (Å²) in [5, 5.41) is 0. The van der Waals surface area contributed by atoms with Crippen molar-refractivity contribution in [2.24, 2.45) is 0 Å². The lowest BCUT2D eigenvalue weighted by atomic mass is 10.2. The number of rotatable bonds is 3. The number of hydrogen-bond donors (Lipinski definition) is 0. The summed E-state index contributed by atoms with van der Waals surface area (Å²) in [4.78, 5) is 12.0. The molecule has 0 radical (unpaired) electrons. The zero-order valence-electron chi connectivity index (χ0n) is 10.9. The Morgan fingerprint density at radius 3 is 2.60 bits per heavy atom. The summed E-state index contributed by atoms with van der Waals surface area (Å²) in [6.45, 7) is 0. The van der Waals surface area contributed by atoms with E-state index in [1.54, 1.807) is 11.7 Å². The summed E-state index contributed by atoms with van der Waals surface area (Å²) in [5.41, 5.74) is 1.96. The molecule has 4 heteroatoms. The van der Waals surface area contributed by atoms with E-state index in [0.717, 1.165) is 21.5 Å². The molecule has 0 saturated heterocycles. The van der Waals surface area contributed by atoms with Gasteiger partial charge in [-0.1, -0.05) is 35.6 Å². The number of aromatic nitrogens is 1. The number of ether oxygens (including phenoxy) is 1. The maximum absolute atomic E-state index is 12.0. The fraction of sp³-hybridized carbons (Fsp3) is 0.0625. The number of benzene rings is 2. The first-order valence-electron chi connectivity index (χ1n) is 6.20. The fourth-order valence-electron chi connectivity index (χ4n) is 2.00. The third kappa shape index (κ3) is 2.38. The fourth-order valence-corrected chi connectivity index (χ4v) is 2.86. The van der Waals surface area contributed by atoms with E-state index in [-0.39, 0.29) is 4.87 Å². The molecule has 0 atom stereocenters. The zero-order valence-corrected chi connectivity index (χ0v) is 11.8. The molecular formula is C16H13NO2S. The van der Waals surface area contributed by atoms with E-state index < -0.39 is 0 Å². The van der Waals surface area contributed by atoms with Crippen molar-refractivity contribution in [3.05, 3.63) is 63.8 Å². The molecule has 0 bridgehead atoms. The zero-order chi connectivity index (χ0) is 13.9. The average Bonchev–Trinajstić information content (AvgIpc) is 2.81. The van der Waals surface area contributed by atoms with E-state index >= 15 is 0 Å². The standard InChI is InChI=1S/C16H13NO2S/c1-19-13-8-6-12(7-9-13)10-11-17-14-4-2-3-5-15(14)20-16(17)18/h2-11H,1H3/b11-10+. The van der Waals surface area contributed by atoms with Crippen LogP contribution in [0.25, 0.3) is 22.5 Å². The largest absolute Gasteiger partial charge is 0.497 e. The molecule has 0 aliphatic rings. The highest BCUT2D eigenvalue weighted by Crippen LogP contribution is 2.18. The van der Waals surface area contributed by atoms with E-state index in [1.807, 2.05) is 60.8 Å². The number of para-hydroxylation sites is 1. The summed E-state index contributed by atoms with van der Waals surface area (Å²) in [6.07, 6.45) is 3.73. The molecule has 2 aromatic carbocycles. The van der Waals surface area contributed by atoms with Gasteiger partial charge >= 0.3 is 4.87 Å². The van der Waals surface area contributed by atoms with Crippen LogP contribution in [0.5, 0.6) is 5.75 Å². The van der Waals surface area contributed by atoms with Crippen LogP contribution in [0, 0.1) is 0 Å². The van der Waals surface area contributed by atoms with Crippen molar-refractivity contribution in [2.75, 3.05) is 7.11 Å². The van der Waals surface area contributed by atoms with Crippen molar-refractivity contribution < 1.29 is 4.74 Å². The third-order valence-corrected chi connectivity index (χ3v) is 3.99. The molecule has 100 valence electrons. The molecule has 20 heavy (non-hydrogen) atoms. The van der Waals surface area contributed by atoms with Gasteiger partial charge in [0.2, 0.25) is 0 Å².